The van der Waals surface area contributed by atoms with E-state index in [1.54, 1.807) is 18.4 Å². The van der Waals surface area contributed by atoms with E-state index in [-0.39, 0.29) is 5.41 Å². The fourth-order valence-electron chi connectivity index (χ4n) is 3.09. The summed E-state index contributed by atoms with van der Waals surface area (Å²) in [5, 5.41) is 6.92. The highest BCUT2D eigenvalue weighted by molar-refractivity contribution is 7.09. The number of ether oxygens (including phenoxy) is 1. The number of nitrogens with zero attached hydrogens (tertiary/aromatic N) is 2. The van der Waals surface area contributed by atoms with Gasteiger partial charge in [-0.15, -0.1) is 11.3 Å². The molecule has 0 amide bonds. The van der Waals surface area contributed by atoms with E-state index >= 15 is 0 Å². The minimum atomic E-state index is 0.111. The molecule has 1 aliphatic heterocycles. The highest BCUT2D eigenvalue weighted by Crippen LogP contribution is 2.32. The molecule has 0 radical (unpaired) electrons. The van der Waals surface area contributed by atoms with Crippen molar-refractivity contribution in [2.75, 3.05) is 26.7 Å². The molecule has 1 aromatic carbocycles. The monoisotopic (exact) mass is 345 g/mol. The Morgan fingerprint density at radius 1 is 1.33 bits per heavy atom. The maximum absolute atomic E-state index is 5.58. The maximum atomic E-state index is 5.58. The third-order valence-corrected chi connectivity index (χ3v) is 5.34. The summed E-state index contributed by atoms with van der Waals surface area (Å²) in [5.41, 5.74) is 2.55. The third-order valence-electron chi connectivity index (χ3n) is 4.51. The van der Waals surface area contributed by atoms with Gasteiger partial charge in [-0.2, -0.15) is 0 Å². The van der Waals surface area contributed by atoms with E-state index in [1.165, 1.54) is 16.3 Å². The fourth-order valence-corrected chi connectivity index (χ4v) is 4.13. The van der Waals surface area contributed by atoms with E-state index in [1.807, 2.05) is 12.1 Å². The van der Waals surface area contributed by atoms with Crippen molar-refractivity contribution in [3.8, 4) is 5.75 Å². The van der Waals surface area contributed by atoms with Crippen molar-refractivity contribution in [3.63, 3.8) is 0 Å². The number of rotatable bonds is 4. The molecule has 2 heterocycles. The summed E-state index contributed by atoms with van der Waals surface area (Å²) in [6.45, 7) is 10.5. The number of nitrogens with one attached hydrogen (secondary N) is 1. The standard InChI is InChI=1S/C19H27N3OS/c1-19(2,3)17-13-24-18(21-17)12-22-10-9-20-11-15(22)14-7-5-6-8-16(14)23-4/h5-8,13,15,20H,9-12H2,1-4H3. The van der Waals surface area contributed by atoms with Gasteiger partial charge in [0.1, 0.15) is 10.8 Å². The van der Waals surface area contributed by atoms with Gasteiger partial charge in [-0.3, -0.25) is 4.90 Å². The Morgan fingerprint density at radius 3 is 2.83 bits per heavy atom. The van der Waals surface area contributed by atoms with Crippen LogP contribution in [0.2, 0.25) is 0 Å². The van der Waals surface area contributed by atoms with Crippen LogP contribution in [0, 0.1) is 0 Å². The normalized spacial score (nSPS) is 19.4. The summed E-state index contributed by atoms with van der Waals surface area (Å²) in [6, 6.07) is 8.65. The Kier molecular flexibility index (Phi) is 5.23. The first-order valence-electron chi connectivity index (χ1n) is 8.51. The van der Waals surface area contributed by atoms with Gasteiger partial charge in [-0.1, -0.05) is 39.0 Å². The molecule has 0 saturated carbocycles. The fraction of sp³-hybridized carbons (Fsp3) is 0.526. The summed E-state index contributed by atoms with van der Waals surface area (Å²) in [7, 11) is 1.75. The van der Waals surface area contributed by atoms with E-state index in [2.05, 4.69) is 48.5 Å². The molecule has 0 spiro atoms. The van der Waals surface area contributed by atoms with Gasteiger partial charge >= 0.3 is 0 Å². The SMILES string of the molecule is COc1ccccc1C1CNCCN1Cc1nc(C(C)(C)C)cs1. The molecule has 3 rings (SSSR count). The van der Waals surface area contributed by atoms with Crippen molar-refractivity contribution in [2.24, 2.45) is 0 Å². The molecule has 1 fully saturated rings. The van der Waals surface area contributed by atoms with Crippen LogP contribution < -0.4 is 10.1 Å². The summed E-state index contributed by atoms with van der Waals surface area (Å²) >= 11 is 1.77. The largest absolute Gasteiger partial charge is 0.496 e. The number of hydrogen-bond donors (Lipinski definition) is 1. The lowest BCUT2D eigenvalue weighted by Gasteiger charge is -2.36. The second-order valence-electron chi connectivity index (χ2n) is 7.31. The van der Waals surface area contributed by atoms with Gasteiger partial charge in [0.15, 0.2) is 0 Å². The third kappa shape index (κ3) is 3.79. The highest BCUT2D eigenvalue weighted by atomic mass is 32.1. The predicted octanol–water partition coefficient (Wildman–Crippen LogP) is 3.60. The van der Waals surface area contributed by atoms with Crippen molar-refractivity contribution in [1.29, 1.82) is 0 Å². The van der Waals surface area contributed by atoms with Crippen LogP contribution in [0.4, 0.5) is 0 Å². The quantitative estimate of drug-likeness (QED) is 0.919. The molecule has 5 heteroatoms. The van der Waals surface area contributed by atoms with Crippen molar-refractivity contribution in [2.45, 2.75) is 38.8 Å². The topological polar surface area (TPSA) is 37.4 Å². The first kappa shape index (κ1) is 17.4. The van der Waals surface area contributed by atoms with Crippen LogP contribution in [0.5, 0.6) is 5.75 Å². The van der Waals surface area contributed by atoms with E-state index in [0.717, 1.165) is 31.9 Å². The number of hydrogen-bond acceptors (Lipinski definition) is 5. The van der Waals surface area contributed by atoms with E-state index in [4.69, 9.17) is 9.72 Å². The second kappa shape index (κ2) is 7.21. The van der Waals surface area contributed by atoms with Crippen LogP contribution in [0.15, 0.2) is 29.6 Å². The summed E-state index contributed by atoms with van der Waals surface area (Å²) in [6.07, 6.45) is 0. The lowest BCUT2D eigenvalue weighted by Crippen LogP contribution is -2.45. The van der Waals surface area contributed by atoms with Crippen LogP contribution in [-0.2, 0) is 12.0 Å². The highest BCUT2D eigenvalue weighted by Gasteiger charge is 2.27. The number of benzene rings is 1. The molecule has 1 aromatic heterocycles. The zero-order chi connectivity index (χ0) is 17.2. The second-order valence-corrected chi connectivity index (χ2v) is 8.25. The van der Waals surface area contributed by atoms with Gasteiger partial charge in [-0.25, -0.2) is 4.98 Å². The zero-order valence-corrected chi connectivity index (χ0v) is 15.8. The lowest BCUT2D eigenvalue weighted by atomic mass is 9.93. The first-order chi connectivity index (χ1) is 11.5. The molecule has 1 saturated heterocycles. The number of aromatic nitrogens is 1. The van der Waals surface area contributed by atoms with Crippen molar-refractivity contribution in [3.05, 3.63) is 45.9 Å². The summed E-state index contributed by atoms with van der Waals surface area (Å²) in [5.74, 6) is 0.964. The average molecular weight is 346 g/mol. The molecular weight excluding hydrogens is 318 g/mol. The van der Waals surface area contributed by atoms with Crippen LogP contribution in [0.25, 0.3) is 0 Å². The minimum absolute atomic E-state index is 0.111. The predicted molar refractivity (Wildman–Crippen MR) is 99.8 cm³/mol. The average Bonchev–Trinajstić information content (AvgIpc) is 3.04. The van der Waals surface area contributed by atoms with Gasteiger partial charge < -0.3 is 10.1 Å². The molecule has 0 bridgehead atoms. The molecule has 130 valence electrons. The van der Waals surface area contributed by atoms with Gasteiger partial charge in [0, 0.05) is 36.0 Å². The smallest absolute Gasteiger partial charge is 0.123 e. The Labute approximate surface area is 148 Å². The van der Waals surface area contributed by atoms with E-state index in [0.29, 0.717) is 6.04 Å². The van der Waals surface area contributed by atoms with Gasteiger partial charge in [0.25, 0.3) is 0 Å². The van der Waals surface area contributed by atoms with Crippen molar-refractivity contribution >= 4 is 11.3 Å². The Hall–Kier alpha value is -1.43. The Morgan fingerprint density at radius 2 is 2.12 bits per heavy atom. The molecule has 1 N–H and O–H groups in total. The number of thiazole rings is 1. The molecule has 4 nitrogen and oxygen atoms in total. The maximum Gasteiger partial charge on any atom is 0.123 e. The molecule has 1 atom stereocenters. The number of piperazine rings is 1. The zero-order valence-electron chi connectivity index (χ0n) is 15.0. The summed E-state index contributed by atoms with van der Waals surface area (Å²) < 4.78 is 5.58. The van der Waals surface area contributed by atoms with Crippen LogP contribution in [0.1, 0.15) is 43.1 Å². The molecule has 0 aliphatic carbocycles. The van der Waals surface area contributed by atoms with E-state index in [9.17, 15) is 0 Å². The molecule has 1 aliphatic rings. The van der Waals surface area contributed by atoms with Crippen LogP contribution in [-0.4, -0.2) is 36.6 Å². The molecule has 1 unspecified atom stereocenters. The first-order valence-corrected chi connectivity index (χ1v) is 9.39. The molecule has 2 aromatic rings. The molecular formula is C19H27N3OS. The number of para-hydroxylation sites is 1. The Bertz CT molecular complexity index is 677. The minimum Gasteiger partial charge on any atom is -0.496 e. The van der Waals surface area contributed by atoms with Crippen LogP contribution in [0.3, 0.4) is 0 Å². The van der Waals surface area contributed by atoms with Crippen molar-refractivity contribution < 1.29 is 4.74 Å². The number of methoxy groups -OCH3 is 1. The molecule has 24 heavy (non-hydrogen) atoms. The lowest BCUT2D eigenvalue weighted by molar-refractivity contribution is 0.150. The Balaban J connectivity index is 1.81. The van der Waals surface area contributed by atoms with Gasteiger partial charge in [0.2, 0.25) is 0 Å². The van der Waals surface area contributed by atoms with Gasteiger partial charge in [-0.05, 0) is 6.07 Å². The summed E-state index contributed by atoms with van der Waals surface area (Å²) in [4.78, 5) is 7.39. The van der Waals surface area contributed by atoms with Crippen LogP contribution >= 0.6 is 11.3 Å². The van der Waals surface area contributed by atoms with Gasteiger partial charge in [0.05, 0.1) is 25.4 Å². The van der Waals surface area contributed by atoms with Crippen molar-refractivity contribution in [1.82, 2.24) is 15.2 Å². The van der Waals surface area contributed by atoms with E-state index < -0.39 is 0 Å².